The zero-order chi connectivity index (χ0) is 64.0. The Morgan fingerprint density at radius 2 is 0.768 bits per heavy atom. The van der Waals surface area contributed by atoms with E-state index in [9.17, 15) is 33.6 Å². The van der Waals surface area contributed by atoms with Crippen LogP contribution in [-0.4, -0.2) is 91.8 Å². The Morgan fingerprint density at radius 3 is 1.19 bits per heavy atom. The van der Waals surface area contributed by atoms with Gasteiger partial charge in [-0.15, -0.1) is 0 Å². The fourth-order valence-corrected chi connectivity index (χ4v) is 24.7. The molecule has 18 rings (SSSR count). The minimum atomic E-state index is -0.843. The van der Waals surface area contributed by atoms with Crippen LogP contribution in [0.3, 0.4) is 0 Å². The summed E-state index contributed by atoms with van der Waals surface area (Å²) in [5.41, 5.74) is -2.17. The van der Waals surface area contributed by atoms with Gasteiger partial charge in [0.05, 0.1) is 40.1 Å². The highest BCUT2D eigenvalue weighted by atomic mass is 16.7. The first kappa shape index (κ1) is 84.3. The van der Waals surface area contributed by atoms with Crippen LogP contribution in [0.2, 0.25) is 0 Å². The summed E-state index contributed by atoms with van der Waals surface area (Å²) in [4.78, 5) is 89.9. The molecule has 0 heterocycles. The van der Waals surface area contributed by atoms with Gasteiger partial charge in [-0.1, -0.05) is 80.2 Å². The zero-order valence-corrected chi connectivity index (χ0v) is 56.9. The topological polar surface area (TPSA) is 193 Å². The molecule has 18 fully saturated rings. The summed E-state index contributed by atoms with van der Waals surface area (Å²) in [5, 5.41) is 0. The number of carbonyl (C=O) groups excluding carboxylic acids is 7. The third-order valence-electron chi connectivity index (χ3n) is 29.6. The molecule has 99 heavy (non-hydrogen) atoms. The number of ketones is 1. The number of fused-ring (bicyclic) bond motifs is 20. The van der Waals surface area contributed by atoms with Crippen molar-refractivity contribution in [2.24, 2.45) is 158 Å². The maximum Gasteiger partial charge on any atom is 0.311 e. The van der Waals surface area contributed by atoms with Crippen molar-refractivity contribution in [2.75, 3.05) is 20.2 Å². The van der Waals surface area contributed by atoms with Gasteiger partial charge in [0, 0.05) is 18.4 Å². The third-order valence-corrected chi connectivity index (χ3v) is 29.6. The Balaban J connectivity index is 0.000000227. The second-order valence-corrected chi connectivity index (χ2v) is 35.5. The van der Waals surface area contributed by atoms with Crippen molar-refractivity contribution in [3.8, 4) is 0 Å². The van der Waals surface area contributed by atoms with Crippen molar-refractivity contribution in [1.29, 1.82) is 0 Å². The predicted octanol–water partition coefficient (Wildman–Crippen LogP) is 18.6. The van der Waals surface area contributed by atoms with Crippen LogP contribution in [-0.2, 0) is 71.5 Å². The standard InChI is InChI=1S/C30H44O5.C24H34O5.C22H34O5.8CH4/c1-4-30(2,3)29(32)35-24-13-18-12-23(24)26-21-10-17(25(18)26)11-22(21)28(31)34-14-33-27-19-6-15-5-16(8-19)9-20(27)7-15;1-4-23(2,3)22(27)28-19-10-13-8-17(19)18(9-13)21(26)29-24-11-14-5-15(12-24)7-16(6-14)20(24)25;1-5-22(3,4)21(24)27-17-10-13-9-16(17)19-14-7-12(18(13)19)8-15(14)20(23)26-11-25-6-2;;;;;;;;/h15-27H,4-14H2,1-3H3;13-19H,4-12H2,1-3H3;12-19H,5-11H2,1-4H3;8*1H4. The number of rotatable bonds is 19. The van der Waals surface area contributed by atoms with Crippen LogP contribution in [0, 0.1) is 158 Å². The summed E-state index contributed by atoms with van der Waals surface area (Å²) >= 11 is 0. The molecule has 0 saturated heterocycles. The minimum Gasteiger partial charge on any atom is -0.462 e. The molecule has 0 aliphatic heterocycles. The van der Waals surface area contributed by atoms with Crippen LogP contribution in [0.5, 0.6) is 0 Å². The highest BCUT2D eigenvalue weighted by Gasteiger charge is 2.69. The van der Waals surface area contributed by atoms with E-state index in [0.717, 1.165) is 120 Å². The molecule has 0 amide bonds. The van der Waals surface area contributed by atoms with Gasteiger partial charge in [0.15, 0.2) is 25.0 Å². The first-order chi connectivity index (χ1) is 43.4. The van der Waals surface area contributed by atoms with E-state index in [4.69, 9.17) is 37.9 Å². The molecule has 18 aliphatic carbocycles. The molecule has 570 valence electrons. The first-order valence-electron chi connectivity index (χ1n) is 37.3. The Hall–Kier alpha value is -3.59. The molecule has 22 unspecified atom stereocenters. The van der Waals surface area contributed by atoms with Gasteiger partial charge in [0.25, 0.3) is 0 Å². The van der Waals surface area contributed by atoms with E-state index in [1.54, 1.807) is 0 Å². The quantitative estimate of drug-likeness (QED) is 0.0389. The molecule has 0 aromatic heterocycles. The van der Waals surface area contributed by atoms with Crippen LogP contribution in [0.1, 0.15) is 283 Å². The van der Waals surface area contributed by atoms with Crippen molar-refractivity contribution in [1.82, 2.24) is 0 Å². The van der Waals surface area contributed by atoms with E-state index in [0.29, 0.717) is 101 Å². The normalized spacial score (nSPS) is 42.4. The highest BCUT2D eigenvalue weighted by molar-refractivity contribution is 5.94. The summed E-state index contributed by atoms with van der Waals surface area (Å²) in [6.45, 7) is 20.5. The monoisotopic (exact) mass is 1390 g/mol. The van der Waals surface area contributed by atoms with E-state index in [-0.39, 0.29) is 162 Å². The molecule has 15 nitrogen and oxygen atoms in total. The van der Waals surface area contributed by atoms with Crippen LogP contribution >= 0.6 is 0 Å². The molecule has 0 aromatic carbocycles. The van der Waals surface area contributed by atoms with Gasteiger partial charge in [-0.3, -0.25) is 33.6 Å². The second kappa shape index (κ2) is 32.0. The van der Waals surface area contributed by atoms with Gasteiger partial charge in [-0.2, -0.15) is 0 Å². The van der Waals surface area contributed by atoms with Crippen LogP contribution in [0.25, 0.3) is 0 Å². The Morgan fingerprint density at radius 1 is 0.384 bits per heavy atom. The molecule has 15 heteroatoms. The predicted molar refractivity (Wildman–Crippen MR) is 389 cm³/mol. The van der Waals surface area contributed by atoms with Crippen LogP contribution < -0.4 is 0 Å². The number of hydrogen-bond acceptors (Lipinski definition) is 15. The molecule has 0 N–H and O–H groups in total. The van der Waals surface area contributed by atoms with Crippen molar-refractivity contribution >= 4 is 41.6 Å². The highest BCUT2D eigenvalue weighted by Crippen LogP contribution is 2.71. The lowest BCUT2D eigenvalue weighted by Crippen LogP contribution is -2.60. The largest absolute Gasteiger partial charge is 0.462 e. The van der Waals surface area contributed by atoms with Gasteiger partial charge in [-0.05, 0) is 315 Å². The summed E-state index contributed by atoms with van der Waals surface area (Å²) in [7, 11) is 0. The average molecular weight is 1390 g/mol. The van der Waals surface area contributed by atoms with Crippen LogP contribution in [0.4, 0.5) is 0 Å². The molecule has 0 radical (unpaired) electrons. The molecule has 18 bridgehead atoms. The van der Waals surface area contributed by atoms with E-state index in [1.165, 1.54) is 57.8 Å². The molecule has 18 saturated carbocycles. The lowest BCUT2D eigenvalue weighted by molar-refractivity contribution is -0.197. The number of carbonyl (C=O) groups is 7. The number of Topliss-reactive ketones (excluding diaryl/α,β-unsaturated/α-hetero) is 1. The van der Waals surface area contributed by atoms with Gasteiger partial charge >= 0.3 is 35.8 Å². The lowest BCUT2D eigenvalue weighted by Gasteiger charge is -2.54. The van der Waals surface area contributed by atoms with Crippen LogP contribution in [0.15, 0.2) is 0 Å². The molecular formula is C84H144O15. The number of esters is 6. The van der Waals surface area contributed by atoms with Crippen molar-refractivity contribution in [2.45, 2.75) is 313 Å². The SMILES string of the molecule is C.C.C.C.C.C.C.C.CCC(C)(C)C(=O)OC1CC2CC(C(=O)OC34CC5CC(CC(C5)C3=O)C4)C1C2.CCC(C)(C)C(=O)OC1CC2CC1C1C3CC(CC3C(=O)OCOC3C4CC5CC(C4)CC3C5)C21.CCOCOC(=O)C1CC2CC1C1C3CC(CC3OC(=O)C(C)(C)CC)C21. The lowest BCUT2D eigenvalue weighted by atomic mass is 9.53. The Labute approximate surface area is 601 Å². The molecule has 18 aliphatic rings. The van der Waals surface area contributed by atoms with Crippen molar-refractivity contribution in [3.05, 3.63) is 0 Å². The van der Waals surface area contributed by atoms with E-state index < -0.39 is 21.8 Å². The fraction of sp³-hybridized carbons (Fsp3) is 0.917. The first-order valence-corrected chi connectivity index (χ1v) is 37.3. The molecule has 0 aromatic rings. The average Bonchev–Trinajstić information content (AvgIpc) is 1.58. The maximum atomic E-state index is 13.2. The molecule has 22 atom stereocenters. The third kappa shape index (κ3) is 15.1. The van der Waals surface area contributed by atoms with E-state index in [2.05, 4.69) is 6.92 Å². The van der Waals surface area contributed by atoms with E-state index in [1.807, 2.05) is 62.3 Å². The van der Waals surface area contributed by atoms with Gasteiger partial charge < -0.3 is 37.9 Å². The van der Waals surface area contributed by atoms with Gasteiger partial charge in [0.1, 0.15) is 18.3 Å². The second-order valence-electron chi connectivity index (χ2n) is 35.5. The summed E-state index contributed by atoms with van der Waals surface area (Å²) in [5.74, 6) is 11.3. The van der Waals surface area contributed by atoms with Gasteiger partial charge in [-0.25, -0.2) is 0 Å². The fourth-order valence-electron chi connectivity index (χ4n) is 24.7. The van der Waals surface area contributed by atoms with Gasteiger partial charge in [0.2, 0.25) is 0 Å². The summed E-state index contributed by atoms with van der Waals surface area (Å²) in [6, 6.07) is 0. The molecular weight excluding hydrogens is 1250 g/mol. The maximum absolute atomic E-state index is 13.2. The van der Waals surface area contributed by atoms with Crippen molar-refractivity contribution in [3.63, 3.8) is 0 Å². The van der Waals surface area contributed by atoms with Crippen molar-refractivity contribution < 1.29 is 71.5 Å². The Kier molecular flexibility index (Phi) is 27.3. The summed E-state index contributed by atoms with van der Waals surface area (Å²) < 4.78 is 46.7. The van der Waals surface area contributed by atoms with E-state index >= 15 is 0 Å². The summed E-state index contributed by atoms with van der Waals surface area (Å²) in [6.07, 6.45) is 25.3. The number of ether oxygens (including phenoxy) is 8. The number of hydrogen-bond donors (Lipinski definition) is 0. The smallest absolute Gasteiger partial charge is 0.311 e. The minimum absolute atomic E-state index is 0. The Bertz CT molecular complexity index is 2760. The molecule has 0 spiro atoms. The zero-order valence-electron chi connectivity index (χ0n) is 56.9.